The van der Waals surface area contributed by atoms with Crippen LogP contribution < -0.4 is 0 Å². The molecule has 1 aliphatic rings. The zero-order valence-corrected chi connectivity index (χ0v) is 23.3. The average Bonchev–Trinajstić information content (AvgIpc) is 3.30. The summed E-state index contributed by atoms with van der Waals surface area (Å²) in [6.45, 7) is 10.7. The Kier molecular flexibility index (Phi) is 11.5. The van der Waals surface area contributed by atoms with Crippen LogP contribution in [0, 0.1) is 17.3 Å². The Morgan fingerprint density at radius 1 is 1.28 bits per heavy atom. The van der Waals surface area contributed by atoms with Gasteiger partial charge >= 0.3 is 5.97 Å². The van der Waals surface area contributed by atoms with Crippen LogP contribution in [0.4, 0.5) is 0 Å². The molecule has 2 heterocycles. The van der Waals surface area contributed by atoms with E-state index < -0.39 is 35.6 Å². The van der Waals surface area contributed by atoms with E-state index in [4.69, 9.17) is 4.74 Å². The molecule has 0 aromatic carbocycles. The first-order valence-electron chi connectivity index (χ1n) is 12.9. The number of esters is 1. The van der Waals surface area contributed by atoms with E-state index in [1.165, 1.54) is 16.9 Å². The maximum atomic E-state index is 13.2. The van der Waals surface area contributed by atoms with Gasteiger partial charge in [0.05, 0.1) is 36.3 Å². The average molecular weight is 522 g/mol. The number of ketones is 1. The van der Waals surface area contributed by atoms with Gasteiger partial charge in [-0.3, -0.25) is 9.59 Å². The standard InChI is InChI=1S/C28H43NO6S/c1-7-20-10-8-9-17(2)26(33)19(4)27(34)28(5,6)23(31)14-25(32)35-22(12-11-20)18(3)13-21-16-36-24(15-30)29-21/h11,13,16-17,19,22-23,26,30-31,33H,7-10,12,14-15H2,1-6H3/t17-,19+,22-,23-,26-/m0/s1. The Bertz CT molecular complexity index is 950. The summed E-state index contributed by atoms with van der Waals surface area (Å²) in [6.07, 6.45) is 4.94. The van der Waals surface area contributed by atoms with Gasteiger partial charge in [-0.2, -0.15) is 0 Å². The summed E-state index contributed by atoms with van der Waals surface area (Å²) in [5.41, 5.74) is 1.53. The number of Topliss-reactive ketones (excluding diaryl/α,β-unsaturated/α-hetero) is 1. The lowest BCUT2D eigenvalue weighted by Crippen LogP contribution is -2.45. The predicted molar refractivity (Wildman–Crippen MR) is 142 cm³/mol. The number of rotatable bonds is 4. The van der Waals surface area contributed by atoms with Crippen molar-refractivity contribution in [3.63, 3.8) is 0 Å². The van der Waals surface area contributed by atoms with Gasteiger partial charge in [0.2, 0.25) is 0 Å². The van der Waals surface area contributed by atoms with Gasteiger partial charge in [-0.25, -0.2) is 4.98 Å². The number of thiazole rings is 1. The second-order valence-corrected chi connectivity index (χ2v) is 11.5. The normalized spacial score (nSPS) is 29.5. The van der Waals surface area contributed by atoms with Gasteiger partial charge in [-0.05, 0) is 50.2 Å². The molecule has 2 rings (SSSR count). The number of ether oxygens (including phenoxy) is 1. The molecule has 7 nitrogen and oxygen atoms in total. The topological polar surface area (TPSA) is 117 Å². The number of aliphatic hydroxyl groups excluding tert-OH is 3. The van der Waals surface area contributed by atoms with E-state index in [0.29, 0.717) is 17.1 Å². The molecular weight excluding hydrogens is 478 g/mol. The van der Waals surface area contributed by atoms with Crippen molar-refractivity contribution in [2.75, 3.05) is 0 Å². The number of carbonyl (C=O) groups excluding carboxylic acids is 2. The van der Waals surface area contributed by atoms with Crippen LogP contribution in [-0.2, 0) is 20.9 Å². The lowest BCUT2D eigenvalue weighted by molar-refractivity contribution is -0.154. The van der Waals surface area contributed by atoms with Gasteiger partial charge in [-0.15, -0.1) is 11.3 Å². The van der Waals surface area contributed by atoms with Gasteiger partial charge in [0.25, 0.3) is 0 Å². The van der Waals surface area contributed by atoms with Crippen LogP contribution in [0.1, 0.15) is 90.8 Å². The number of aliphatic hydroxyl groups is 3. The zero-order valence-electron chi connectivity index (χ0n) is 22.5. The van der Waals surface area contributed by atoms with Crippen LogP contribution >= 0.6 is 11.3 Å². The largest absolute Gasteiger partial charge is 0.457 e. The molecule has 0 aliphatic carbocycles. The van der Waals surface area contributed by atoms with Crippen molar-refractivity contribution in [1.82, 2.24) is 4.98 Å². The predicted octanol–water partition coefficient (Wildman–Crippen LogP) is 4.84. The summed E-state index contributed by atoms with van der Waals surface area (Å²) >= 11 is 1.36. The Balaban J connectivity index is 2.37. The van der Waals surface area contributed by atoms with Gasteiger partial charge in [0, 0.05) is 17.7 Å². The summed E-state index contributed by atoms with van der Waals surface area (Å²) in [6, 6.07) is 0. The second-order valence-electron chi connectivity index (χ2n) is 10.6. The number of carbonyl (C=O) groups is 2. The molecule has 0 unspecified atom stereocenters. The lowest BCUT2D eigenvalue weighted by atomic mass is 9.73. The van der Waals surface area contributed by atoms with Crippen LogP contribution in [0.25, 0.3) is 6.08 Å². The molecule has 1 aromatic heterocycles. The van der Waals surface area contributed by atoms with Gasteiger partial charge in [0.1, 0.15) is 16.9 Å². The minimum atomic E-state index is -1.24. The fourth-order valence-electron chi connectivity index (χ4n) is 4.65. The molecule has 1 aromatic rings. The first kappa shape index (κ1) is 30.4. The lowest BCUT2D eigenvalue weighted by Gasteiger charge is -2.34. The SMILES string of the molecule is CCC1=CC[C@@H](C(C)=Cc2csc(CO)n2)OC(=O)C[C@H](O)C(C)(C)C(=O)[C@H](C)[C@@H](O)[C@@H](C)CCC1. The fourth-order valence-corrected chi connectivity index (χ4v) is 5.26. The second kappa shape index (κ2) is 13.6. The third kappa shape index (κ3) is 8.07. The van der Waals surface area contributed by atoms with Crippen LogP contribution in [0.5, 0.6) is 0 Å². The molecule has 36 heavy (non-hydrogen) atoms. The minimum absolute atomic E-state index is 0.0623. The van der Waals surface area contributed by atoms with E-state index in [1.807, 2.05) is 25.3 Å². The molecule has 202 valence electrons. The molecule has 8 heteroatoms. The zero-order chi connectivity index (χ0) is 27.0. The van der Waals surface area contributed by atoms with Crippen molar-refractivity contribution in [2.45, 2.75) is 105 Å². The third-order valence-electron chi connectivity index (χ3n) is 7.43. The molecule has 0 radical (unpaired) electrons. The van der Waals surface area contributed by atoms with Crippen molar-refractivity contribution >= 4 is 29.2 Å². The monoisotopic (exact) mass is 521 g/mol. The highest BCUT2D eigenvalue weighted by Crippen LogP contribution is 2.32. The van der Waals surface area contributed by atoms with Gasteiger partial charge in [0.15, 0.2) is 0 Å². The summed E-state index contributed by atoms with van der Waals surface area (Å²) in [4.78, 5) is 30.5. The molecule has 0 saturated carbocycles. The number of aromatic nitrogens is 1. The van der Waals surface area contributed by atoms with Crippen LogP contribution in [-0.4, -0.2) is 50.4 Å². The molecule has 0 fully saturated rings. The highest BCUT2D eigenvalue weighted by atomic mass is 32.1. The number of hydrogen-bond donors (Lipinski definition) is 3. The quantitative estimate of drug-likeness (QED) is 0.383. The van der Waals surface area contributed by atoms with Gasteiger partial charge in [-0.1, -0.05) is 46.3 Å². The maximum Gasteiger partial charge on any atom is 0.309 e. The van der Waals surface area contributed by atoms with Crippen LogP contribution in [0.3, 0.4) is 0 Å². The van der Waals surface area contributed by atoms with E-state index in [-0.39, 0.29) is 24.7 Å². The molecular formula is C28H43NO6S. The van der Waals surface area contributed by atoms with Crippen molar-refractivity contribution in [2.24, 2.45) is 17.3 Å². The summed E-state index contributed by atoms with van der Waals surface area (Å²) in [5.74, 6) is -1.57. The minimum Gasteiger partial charge on any atom is -0.457 e. The van der Waals surface area contributed by atoms with Crippen molar-refractivity contribution in [3.05, 3.63) is 33.3 Å². The first-order valence-corrected chi connectivity index (χ1v) is 13.8. The molecule has 1 aliphatic heterocycles. The number of allylic oxidation sites excluding steroid dienone is 1. The molecule has 5 atom stereocenters. The Hall–Kier alpha value is -1.87. The van der Waals surface area contributed by atoms with Crippen LogP contribution in [0.2, 0.25) is 0 Å². The third-order valence-corrected chi connectivity index (χ3v) is 8.28. The molecule has 0 bridgehead atoms. The van der Waals surface area contributed by atoms with E-state index in [9.17, 15) is 24.9 Å². The highest BCUT2D eigenvalue weighted by molar-refractivity contribution is 7.09. The molecule has 0 saturated heterocycles. The summed E-state index contributed by atoms with van der Waals surface area (Å²) in [5, 5.41) is 33.4. The Labute approximate surface area is 219 Å². The number of cyclic esters (lactones) is 1. The fraction of sp³-hybridized carbons (Fsp3) is 0.679. The van der Waals surface area contributed by atoms with E-state index in [2.05, 4.69) is 18.0 Å². The van der Waals surface area contributed by atoms with E-state index >= 15 is 0 Å². The van der Waals surface area contributed by atoms with Crippen LogP contribution in [0.15, 0.2) is 22.6 Å². The number of hydrogen-bond acceptors (Lipinski definition) is 8. The Morgan fingerprint density at radius 3 is 2.58 bits per heavy atom. The summed E-state index contributed by atoms with van der Waals surface area (Å²) < 4.78 is 5.83. The maximum absolute atomic E-state index is 13.2. The van der Waals surface area contributed by atoms with Crippen molar-refractivity contribution in [1.29, 1.82) is 0 Å². The van der Waals surface area contributed by atoms with E-state index in [1.54, 1.807) is 20.8 Å². The smallest absolute Gasteiger partial charge is 0.309 e. The number of nitrogens with zero attached hydrogens (tertiary/aromatic N) is 1. The van der Waals surface area contributed by atoms with Crippen molar-refractivity contribution < 1.29 is 29.6 Å². The molecule has 0 spiro atoms. The summed E-state index contributed by atoms with van der Waals surface area (Å²) in [7, 11) is 0. The van der Waals surface area contributed by atoms with Crippen molar-refractivity contribution in [3.8, 4) is 0 Å². The van der Waals surface area contributed by atoms with Gasteiger partial charge < -0.3 is 20.1 Å². The first-order chi connectivity index (χ1) is 16.9. The molecule has 3 N–H and O–H groups in total. The van der Waals surface area contributed by atoms with E-state index in [0.717, 1.165) is 31.3 Å². The highest BCUT2D eigenvalue weighted by Gasteiger charge is 2.42. The Morgan fingerprint density at radius 2 is 1.97 bits per heavy atom. The molecule has 0 amide bonds.